The molecule has 0 bridgehead atoms. The molecular weight excluding hydrogens is 256 g/mol. The van der Waals surface area contributed by atoms with Gasteiger partial charge in [0, 0.05) is 18.6 Å². The lowest BCUT2D eigenvalue weighted by molar-refractivity contribution is 0.187. The minimum atomic E-state index is 0.453. The van der Waals surface area contributed by atoms with Crippen molar-refractivity contribution in [3.8, 4) is 0 Å². The van der Waals surface area contributed by atoms with Crippen molar-refractivity contribution in [1.29, 1.82) is 0 Å². The first-order valence-electron chi connectivity index (χ1n) is 8.43. The maximum absolute atomic E-state index is 3.93. The third-order valence-electron chi connectivity index (χ3n) is 6.26. The largest absolute Gasteiger partial charge is 0.310 e. The van der Waals surface area contributed by atoms with Crippen molar-refractivity contribution in [2.45, 2.75) is 59.2 Å². The fourth-order valence-corrected chi connectivity index (χ4v) is 3.95. The molecule has 1 aromatic carbocycles. The lowest BCUT2D eigenvalue weighted by Crippen LogP contribution is -2.44. The maximum Gasteiger partial charge on any atom is 0.0233 e. The molecule has 0 radical (unpaired) electrons. The summed E-state index contributed by atoms with van der Waals surface area (Å²) in [5.74, 6) is 0. The standard InChI is InChI=1S/C19H30N2/c1-18(2)17(19(18,3)4)20-16-10-12-21(13-11-16)14-15-8-6-5-7-9-15/h5-9,16-17,20H,10-14H2,1-4H3. The average Bonchev–Trinajstić information content (AvgIpc) is 2.84. The smallest absolute Gasteiger partial charge is 0.0233 e. The number of hydrogen-bond donors (Lipinski definition) is 1. The van der Waals surface area contributed by atoms with Gasteiger partial charge in [-0.25, -0.2) is 0 Å². The molecule has 1 aliphatic heterocycles. The molecule has 0 amide bonds. The number of rotatable bonds is 4. The molecule has 116 valence electrons. The van der Waals surface area contributed by atoms with Crippen molar-refractivity contribution < 1.29 is 0 Å². The van der Waals surface area contributed by atoms with Crippen molar-refractivity contribution in [2.75, 3.05) is 13.1 Å². The van der Waals surface area contributed by atoms with Gasteiger partial charge in [-0.3, -0.25) is 4.90 Å². The second-order valence-corrected chi connectivity index (χ2v) is 8.08. The summed E-state index contributed by atoms with van der Waals surface area (Å²) in [4.78, 5) is 2.59. The molecule has 1 saturated heterocycles. The summed E-state index contributed by atoms with van der Waals surface area (Å²) in [7, 11) is 0. The van der Waals surface area contributed by atoms with E-state index in [9.17, 15) is 0 Å². The van der Waals surface area contributed by atoms with E-state index in [4.69, 9.17) is 0 Å². The Labute approximate surface area is 129 Å². The summed E-state index contributed by atoms with van der Waals surface area (Å²) in [6.45, 7) is 13.1. The van der Waals surface area contributed by atoms with E-state index in [1.807, 2.05) is 0 Å². The molecule has 2 fully saturated rings. The highest BCUT2D eigenvalue weighted by Gasteiger charge is 2.64. The second kappa shape index (κ2) is 5.40. The minimum Gasteiger partial charge on any atom is -0.310 e. The highest BCUT2D eigenvalue weighted by molar-refractivity contribution is 5.18. The first kappa shape index (κ1) is 15.1. The molecule has 0 atom stereocenters. The normalized spacial score (nSPS) is 25.9. The summed E-state index contributed by atoms with van der Waals surface area (Å²) in [5.41, 5.74) is 2.34. The first-order chi connectivity index (χ1) is 9.91. The van der Waals surface area contributed by atoms with Gasteiger partial charge in [0.25, 0.3) is 0 Å². The molecule has 1 heterocycles. The van der Waals surface area contributed by atoms with Gasteiger partial charge in [0.1, 0.15) is 0 Å². The molecule has 1 saturated carbocycles. The topological polar surface area (TPSA) is 15.3 Å². The molecule has 0 aromatic heterocycles. The molecule has 0 unspecified atom stereocenters. The second-order valence-electron chi connectivity index (χ2n) is 8.08. The first-order valence-corrected chi connectivity index (χ1v) is 8.43. The van der Waals surface area contributed by atoms with Crippen LogP contribution in [0.1, 0.15) is 46.1 Å². The van der Waals surface area contributed by atoms with Gasteiger partial charge < -0.3 is 5.32 Å². The third-order valence-corrected chi connectivity index (χ3v) is 6.26. The van der Waals surface area contributed by atoms with Crippen LogP contribution in [0.15, 0.2) is 30.3 Å². The number of likely N-dealkylation sites (tertiary alicyclic amines) is 1. The van der Waals surface area contributed by atoms with Crippen LogP contribution >= 0.6 is 0 Å². The monoisotopic (exact) mass is 286 g/mol. The van der Waals surface area contributed by atoms with Gasteiger partial charge in [0.15, 0.2) is 0 Å². The van der Waals surface area contributed by atoms with Crippen LogP contribution in [0.4, 0.5) is 0 Å². The predicted octanol–water partition coefficient (Wildman–Crippen LogP) is 3.68. The van der Waals surface area contributed by atoms with Crippen LogP contribution in [-0.4, -0.2) is 30.1 Å². The molecule has 2 nitrogen and oxygen atoms in total. The average molecular weight is 286 g/mol. The highest BCUT2D eigenvalue weighted by atomic mass is 15.2. The van der Waals surface area contributed by atoms with Crippen LogP contribution in [0.2, 0.25) is 0 Å². The molecule has 2 aliphatic rings. The van der Waals surface area contributed by atoms with E-state index in [1.54, 1.807) is 0 Å². The van der Waals surface area contributed by atoms with Crippen LogP contribution < -0.4 is 5.32 Å². The van der Waals surface area contributed by atoms with Gasteiger partial charge in [-0.15, -0.1) is 0 Å². The van der Waals surface area contributed by atoms with Gasteiger partial charge in [-0.1, -0.05) is 58.0 Å². The van der Waals surface area contributed by atoms with Crippen molar-refractivity contribution in [3.63, 3.8) is 0 Å². The molecule has 0 spiro atoms. The quantitative estimate of drug-likeness (QED) is 0.908. The highest BCUT2D eigenvalue weighted by Crippen LogP contribution is 2.62. The summed E-state index contributed by atoms with van der Waals surface area (Å²) < 4.78 is 0. The molecule has 3 rings (SSSR count). The van der Waals surface area contributed by atoms with Gasteiger partial charge in [-0.2, -0.15) is 0 Å². The maximum atomic E-state index is 3.93. The van der Waals surface area contributed by atoms with Crippen LogP contribution in [0.5, 0.6) is 0 Å². The summed E-state index contributed by atoms with van der Waals surface area (Å²) in [6, 6.07) is 12.2. The predicted molar refractivity (Wildman–Crippen MR) is 89.2 cm³/mol. The SMILES string of the molecule is CC1(C)C(NC2CCN(Cc3ccccc3)CC2)C1(C)C. The van der Waals surface area contributed by atoms with E-state index in [-0.39, 0.29) is 0 Å². The zero-order valence-electron chi connectivity index (χ0n) is 14.0. The van der Waals surface area contributed by atoms with Crippen molar-refractivity contribution in [1.82, 2.24) is 10.2 Å². The fraction of sp³-hybridized carbons (Fsp3) is 0.684. The van der Waals surface area contributed by atoms with Crippen molar-refractivity contribution in [2.24, 2.45) is 10.8 Å². The van der Waals surface area contributed by atoms with E-state index in [0.29, 0.717) is 22.9 Å². The number of piperidine rings is 1. The van der Waals surface area contributed by atoms with E-state index < -0.39 is 0 Å². The Balaban J connectivity index is 1.46. The van der Waals surface area contributed by atoms with Crippen LogP contribution in [0.25, 0.3) is 0 Å². The van der Waals surface area contributed by atoms with E-state index in [0.717, 1.165) is 6.54 Å². The Hall–Kier alpha value is -0.860. The molecule has 2 heteroatoms. The molecular formula is C19H30N2. The Morgan fingerprint density at radius 2 is 1.57 bits per heavy atom. The van der Waals surface area contributed by atoms with Crippen LogP contribution in [0.3, 0.4) is 0 Å². The number of benzene rings is 1. The number of nitrogens with zero attached hydrogens (tertiary/aromatic N) is 1. The van der Waals surface area contributed by atoms with E-state index in [1.165, 1.54) is 31.5 Å². The summed E-state index contributed by atoms with van der Waals surface area (Å²) in [5, 5.41) is 3.93. The molecule has 21 heavy (non-hydrogen) atoms. The lowest BCUT2D eigenvalue weighted by Gasteiger charge is -2.33. The Bertz CT molecular complexity index is 456. The summed E-state index contributed by atoms with van der Waals surface area (Å²) >= 11 is 0. The van der Waals surface area contributed by atoms with Crippen LogP contribution in [-0.2, 0) is 6.54 Å². The Kier molecular flexibility index (Phi) is 3.87. The van der Waals surface area contributed by atoms with Crippen molar-refractivity contribution >= 4 is 0 Å². The summed E-state index contributed by atoms with van der Waals surface area (Å²) in [6.07, 6.45) is 2.57. The Morgan fingerprint density at radius 3 is 2.10 bits per heavy atom. The van der Waals surface area contributed by atoms with Gasteiger partial charge in [-0.05, 0) is 42.3 Å². The van der Waals surface area contributed by atoms with Crippen LogP contribution in [0, 0.1) is 10.8 Å². The minimum absolute atomic E-state index is 0.453. The fourth-order valence-electron chi connectivity index (χ4n) is 3.95. The molecule has 1 aliphatic carbocycles. The molecule has 1 aromatic rings. The van der Waals surface area contributed by atoms with E-state index in [2.05, 4.69) is 68.2 Å². The Morgan fingerprint density at radius 1 is 1.00 bits per heavy atom. The zero-order chi connectivity index (χ0) is 15.1. The number of hydrogen-bond acceptors (Lipinski definition) is 2. The lowest BCUT2D eigenvalue weighted by atomic mass is 10.0. The third kappa shape index (κ3) is 2.89. The van der Waals surface area contributed by atoms with E-state index >= 15 is 0 Å². The van der Waals surface area contributed by atoms with Gasteiger partial charge in [0.05, 0.1) is 0 Å². The zero-order valence-corrected chi connectivity index (χ0v) is 14.0. The molecule has 1 N–H and O–H groups in total. The van der Waals surface area contributed by atoms with Gasteiger partial charge >= 0.3 is 0 Å². The number of nitrogens with one attached hydrogen (secondary N) is 1. The van der Waals surface area contributed by atoms with Gasteiger partial charge in [0.2, 0.25) is 0 Å². The van der Waals surface area contributed by atoms with Crippen molar-refractivity contribution in [3.05, 3.63) is 35.9 Å².